The van der Waals surface area contributed by atoms with Gasteiger partial charge in [0.15, 0.2) is 17.5 Å². The summed E-state index contributed by atoms with van der Waals surface area (Å²) in [6, 6.07) is 11.6. The molecular formula is C21H33IN4O3. The number of ether oxygens (including phenoxy) is 2. The first-order chi connectivity index (χ1) is 13.5. The van der Waals surface area contributed by atoms with Crippen LogP contribution < -0.4 is 20.1 Å². The van der Waals surface area contributed by atoms with Gasteiger partial charge in [-0.1, -0.05) is 12.1 Å². The van der Waals surface area contributed by atoms with E-state index in [-0.39, 0.29) is 36.1 Å². The number of para-hydroxylation sites is 2. The molecule has 1 aromatic heterocycles. The molecule has 8 heteroatoms. The molecule has 0 aliphatic carbocycles. The number of methoxy groups -OCH3 is 1. The van der Waals surface area contributed by atoms with Gasteiger partial charge in [0.1, 0.15) is 11.9 Å². The van der Waals surface area contributed by atoms with E-state index in [2.05, 4.69) is 15.5 Å². The van der Waals surface area contributed by atoms with E-state index in [1.165, 1.54) is 0 Å². The molecule has 29 heavy (non-hydrogen) atoms. The van der Waals surface area contributed by atoms with Crippen LogP contribution in [0.3, 0.4) is 0 Å². The van der Waals surface area contributed by atoms with Crippen LogP contribution in [0.2, 0.25) is 0 Å². The maximum atomic E-state index is 5.99. The fourth-order valence-corrected chi connectivity index (χ4v) is 2.72. The SMILES string of the molecule is CCNC(=NCC(c1ccco1)N(C)C)NCC(C)Oc1ccccc1OC.I. The highest BCUT2D eigenvalue weighted by Gasteiger charge is 2.17. The summed E-state index contributed by atoms with van der Waals surface area (Å²) < 4.78 is 16.9. The van der Waals surface area contributed by atoms with Crippen molar-refractivity contribution in [1.82, 2.24) is 15.5 Å². The standard InChI is InChI=1S/C21H32N4O3.HI/c1-6-22-21(24-15-17(25(3)4)18-12-9-13-27-18)23-14-16(2)28-20-11-8-7-10-19(20)26-5;/h7-13,16-17H,6,14-15H2,1-5H3,(H2,22,23,24);1H. The molecule has 2 rings (SSSR count). The Kier molecular flexibility index (Phi) is 11.5. The van der Waals surface area contributed by atoms with Crippen LogP contribution >= 0.6 is 24.0 Å². The first-order valence-corrected chi connectivity index (χ1v) is 9.56. The first-order valence-electron chi connectivity index (χ1n) is 9.56. The van der Waals surface area contributed by atoms with E-state index >= 15 is 0 Å². The average Bonchev–Trinajstić information content (AvgIpc) is 3.20. The van der Waals surface area contributed by atoms with Gasteiger partial charge in [0.05, 0.1) is 32.5 Å². The van der Waals surface area contributed by atoms with Crippen LogP contribution in [0, 0.1) is 0 Å². The maximum Gasteiger partial charge on any atom is 0.191 e. The van der Waals surface area contributed by atoms with Gasteiger partial charge in [0.2, 0.25) is 0 Å². The van der Waals surface area contributed by atoms with E-state index in [4.69, 9.17) is 18.9 Å². The topological polar surface area (TPSA) is 71.3 Å². The monoisotopic (exact) mass is 516 g/mol. The van der Waals surface area contributed by atoms with Crippen molar-refractivity contribution in [3.63, 3.8) is 0 Å². The van der Waals surface area contributed by atoms with Crippen LogP contribution in [-0.4, -0.2) is 57.8 Å². The minimum atomic E-state index is -0.0603. The average molecular weight is 516 g/mol. The van der Waals surface area contributed by atoms with Gasteiger partial charge in [-0.3, -0.25) is 9.89 Å². The third-order valence-electron chi connectivity index (χ3n) is 4.22. The summed E-state index contributed by atoms with van der Waals surface area (Å²) in [5.74, 6) is 3.10. The molecule has 2 atom stereocenters. The van der Waals surface area contributed by atoms with Crippen LogP contribution in [0.25, 0.3) is 0 Å². The van der Waals surface area contributed by atoms with Crippen LogP contribution in [0.4, 0.5) is 0 Å². The normalized spacial score (nSPS) is 13.4. The third kappa shape index (κ3) is 8.14. The van der Waals surface area contributed by atoms with Gasteiger partial charge in [0.25, 0.3) is 0 Å². The smallest absolute Gasteiger partial charge is 0.191 e. The number of rotatable bonds is 10. The van der Waals surface area contributed by atoms with Gasteiger partial charge in [-0.2, -0.15) is 0 Å². The van der Waals surface area contributed by atoms with E-state index in [1.54, 1.807) is 13.4 Å². The number of benzene rings is 1. The van der Waals surface area contributed by atoms with Crippen LogP contribution in [-0.2, 0) is 0 Å². The lowest BCUT2D eigenvalue weighted by Gasteiger charge is -2.22. The van der Waals surface area contributed by atoms with Crippen molar-refractivity contribution in [3.05, 3.63) is 48.4 Å². The Labute approximate surface area is 190 Å². The second-order valence-corrected chi connectivity index (χ2v) is 6.67. The summed E-state index contributed by atoms with van der Waals surface area (Å²) >= 11 is 0. The zero-order valence-corrected chi connectivity index (χ0v) is 20.2. The molecule has 0 saturated carbocycles. The lowest BCUT2D eigenvalue weighted by atomic mass is 10.2. The first kappa shape index (κ1) is 25.1. The summed E-state index contributed by atoms with van der Waals surface area (Å²) in [5.41, 5.74) is 0. The molecule has 2 N–H and O–H groups in total. The number of likely N-dealkylation sites (N-methyl/N-ethyl adjacent to an activating group) is 1. The molecule has 2 unspecified atom stereocenters. The summed E-state index contributed by atoms with van der Waals surface area (Å²) in [5, 5.41) is 6.62. The highest BCUT2D eigenvalue weighted by Crippen LogP contribution is 2.26. The predicted molar refractivity (Wildman–Crippen MR) is 128 cm³/mol. The molecule has 0 aliphatic rings. The quantitative estimate of drug-likeness (QED) is 0.286. The van der Waals surface area contributed by atoms with Gasteiger partial charge in [-0.25, -0.2) is 0 Å². The van der Waals surface area contributed by atoms with E-state index in [9.17, 15) is 0 Å². The molecule has 0 radical (unpaired) electrons. The molecule has 0 bridgehead atoms. The number of aliphatic imine (C=N–C) groups is 1. The van der Waals surface area contributed by atoms with Crippen molar-refractivity contribution in [2.75, 3.05) is 40.8 Å². The van der Waals surface area contributed by atoms with Crippen LogP contribution in [0.1, 0.15) is 25.6 Å². The van der Waals surface area contributed by atoms with E-state index in [0.717, 1.165) is 29.8 Å². The molecular weight excluding hydrogens is 483 g/mol. The number of furan rings is 1. The number of nitrogens with one attached hydrogen (secondary N) is 2. The summed E-state index contributed by atoms with van der Waals surface area (Å²) in [6.45, 7) is 6.02. The predicted octanol–water partition coefficient (Wildman–Crippen LogP) is 3.53. The lowest BCUT2D eigenvalue weighted by Crippen LogP contribution is -2.42. The van der Waals surface area contributed by atoms with E-state index in [1.807, 2.05) is 64.3 Å². The number of nitrogens with zero attached hydrogens (tertiary/aromatic N) is 2. The van der Waals surface area contributed by atoms with Gasteiger partial charge in [-0.05, 0) is 52.2 Å². The molecule has 0 spiro atoms. The molecule has 0 amide bonds. The minimum absolute atomic E-state index is 0. The minimum Gasteiger partial charge on any atom is -0.493 e. The van der Waals surface area contributed by atoms with Crippen molar-refractivity contribution in [1.29, 1.82) is 0 Å². The molecule has 2 aromatic rings. The van der Waals surface area contributed by atoms with Crippen molar-refractivity contribution >= 4 is 29.9 Å². The third-order valence-corrected chi connectivity index (χ3v) is 4.22. The fraction of sp³-hybridized carbons (Fsp3) is 0.476. The zero-order valence-electron chi connectivity index (χ0n) is 17.8. The summed E-state index contributed by atoms with van der Waals surface area (Å²) in [6.07, 6.45) is 1.63. The Hall–Kier alpha value is -1.94. The van der Waals surface area contributed by atoms with Gasteiger partial charge < -0.3 is 24.5 Å². The maximum absolute atomic E-state index is 5.99. The fourth-order valence-electron chi connectivity index (χ4n) is 2.72. The molecule has 1 aromatic carbocycles. The Bertz CT molecular complexity index is 722. The van der Waals surface area contributed by atoms with Crippen LogP contribution in [0.15, 0.2) is 52.1 Å². The van der Waals surface area contributed by atoms with Gasteiger partial charge in [0, 0.05) is 6.54 Å². The highest BCUT2D eigenvalue weighted by atomic mass is 127. The Morgan fingerprint density at radius 1 is 1.14 bits per heavy atom. The summed E-state index contributed by atoms with van der Waals surface area (Å²) in [4.78, 5) is 6.81. The van der Waals surface area contributed by atoms with E-state index in [0.29, 0.717) is 13.1 Å². The van der Waals surface area contributed by atoms with Crippen LogP contribution in [0.5, 0.6) is 11.5 Å². The number of hydrogen-bond acceptors (Lipinski definition) is 5. The molecule has 0 fully saturated rings. The lowest BCUT2D eigenvalue weighted by molar-refractivity contribution is 0.213. The van der Waals surface area contributed by atoms with Crippen molar-refractivity contribution in [2.45, 2.75) is 26.0 Å². The second kappa shape index (κ2) is 13.3. The Morgan fingerprint density at radius 2 is 1.86 bits per heavy atom. The van der Waals surface area contributed by atoms with Gasteiger partial charge >= 0.3 is 0 Å². The molecule has 0 saturated heterocycles. The Balaban J connectivity index is 0.00000420. The van der Waals surface area contributed by atoms with Crippen molar-refractivity contribution < 1.29 is 13.9 Å². The number of hydrogen-bond donors (Lipinski definition) is 2. The highest BCUT2D eigenvalue weighted by molar-refractivity contribution is 14.0. The Morgan fingerprint density at radius 3 is 2.45 bits per heavy atom. The molecule has 162 valence electrons. The van der Waals surface area contributed by atoms with Crippen molar-refractivity contribution in [3.8, 4) is 11.5 Å². The summed E-state index contributed by atoms with van der Waals surface area (Å²) in [7, 11) is 5.68. The number of guanidine groups is 1. The van der Waals surface area contributed by atoms with Crippen molar-refractivity contribution in [2.24, 2.45) is 4.99 Å². The zero-order chi connectivity index (χ0) is 20.4. The second-order valence-electron chi connectivity index (χ2n) is 6.67. The molecule has 0 aliphatic heterocycles. The van der Waals surface area contributed by atoms with E-state index < -0.39 is 0 Å². The van der Waals surface area contributed by atoms with Gasteiger partial charge in [-0.15, -0.1) is 24.0 Å². The number of halogens is 1. The molecule has 7 nitrogen and oxygen atoms in total. The largest absolute Gasteiger partial charge is 0.493 e. The molecule has 1 heterocycles.